The Bertz CT molecular complexity index is 865. The first-order chi connectivity index (χ1) is 11.9. The van der Waals surface area contributed by atoms with Gasteiger partial charge >= 0.3 is 0 Å². The van der Waals surface area contributed by atoms with Gasteiger partial charge < -0.3 is 9.47 Å². The second-order valence-electron chi connectivity index (χ2n) is 5.13. The first-order valence-corrected chi connectivity index (χ1v) is 9.35. The van der Waals surface area contributed by atoms with Crippen molar-refractivity contribution >= 4 is 27.8 Å². The summed E-state index contributed by atoms with van der Waals surface area (Å²) in [4.78, 5) is 2.30. The Labute approximate surface area is 152 Å². The van der Waals surface area contributed by atoms with Crippen LogP contribution in [-0.2, 0) is 10.0 Å². The normalized spacial score (nSPS) is 11.5. The number of hydrogen-bond donors (Lipinski definition) is 1. The maximum atomic E-state index is 12.2. The molecule has 0 unspecified atom stereocenters. The molecule has 0 aliphatic rings. The largest absolute Gasteiger partial charge is 0.493 e. The fourth-order valence-corrected chi connectivity index (χ4v) is 3.10. The number of ether oxygens (including phenoxy) is 2. The van der Waals surface area contributed by atoms with Crippen molar-refractivity contribution in [2.75, 3.05) is 13.7 Å². The van der Waals surface area contributed by atoms with Gasteiger partial charge in [-0.25, -0.2) is 4.83 Å². The molecule has 6 nitrogen and oxygen atoms in total. The minimum Gasteiger partial charge on any atom is -0.493 e. The van der Waals surface area contributed by atoms with E-state index in [0.717, 1.165) is 5.56 Å². The number of halogens is 1. The van der Waals surface area contributed by atoms with Gasteiger partial charge in [-0.15, -0.1) is 0 Å². The molecule has 0 aromatic heterocycles. The zero-order valence-corrected chi connectivity index (χ0v) is 15.7. The molecule has 8 heteroatoms. The van der Waals surface area contributed by atoms with Crippen LogP contribution in [-0.4, -0.2) is 28.3 Å². The maximum Gasteiger partial charge on any atom is 0.276 e. The second-order valence-corrected chi connectivity index (χ2v) is 7.20. The zero-order valence-electron chi connectivity index (χ0n) is 14.1. The molecule has 0 fully saturated rings. The molecule has 0 amide bonds. The van der Waals surface area contributed by atoms with E-state index in [1.54, 1.807) is 24.3 Å². The third-order valence-electron chi connectivity index (χ3n) is 3.26. The first kappa shape index (κ1) is 19.1. The van der Waals surface area contributed by atoms with Crippen LogP contribution in [0.4, 0.5) is 0 Å². The molecule has 0 spiro atoms. The van der Waals surface area contributed by atoms with Crippen LogP contribution in [0.5, 0.6) is 11.5 Å². The summed E-state index contributed by atoms with van der Waals surface area (Å²) in [5.74, 6) is 0.876. The van der Waals surface area contributed by atoms with Crippen molar-refractivity contribution in [3.05, 3.63) is 52.5 Å². The molecule has 0 aliphatic heterocycles. The molecule has 2 aromatic carbocycles. The van der Waals surface area contributed by atoms with E-state index >= 15 is 0 Å². The van der Waals surface area contributed by atoms with E-state index in [9.17, 15) is 8.42 Å². The van der Waals surface area contributed by atoms with Gasteiger partial charge in [0.25, 0.3) is 10.0 Å². The van der Waals surface area contributed by atoms with Crippen LogP contribution in [0.15, 0.2) is 46.4 Å². The van der Waals surface area contributed by atoms with Crippen molar-refractivity contribution in [1.29, 1.82) is 0 Å². The van der Waals surface area contributed by atoms with Crippen molar-refractivity contribution in [1.82, 2.24) is 4.83 Å². The van der Waals surface area contributed by atoms with E-state index in [4.69, 9.17) is 21.1 Å². The highest BCUT2D eigenvalue weighted by Gasteiger charge is 2.13. The lowest BCUT2D eigenvalue weighted by Crippen LogP contribution is -2.18. The van der Waals surface area contributed by atoms with Crippen molar-refractivity contribution in [3.8, 4) is 11.5 Å². The van der Waals surface area contributed by atoms with Gasteiger partial charge in [0, 0.05) is 0 Å². The number of sulfonamides is 1. The molecule has 134 valence electrons. The Balaban J connectivity index is 2.19. The summed E-state index contributed by atoms with van der Waals surface area (Å²) >= 11 is 6.17. The van der Waals surface area contributed by atoms with E-state index in [1.165, 1.54) is 25.5 Å². The number of rotatable bonds is 7. The number of hydrogen-bond acceptors (Lipinski definition) is 5. The fourth-order valence-electron chi connectivity index (χ4n) is 2.04. The van der Waals surface area contributed by atoms with Crippen molar-refractivity contribution < 1.29 is 17.9 Å². The van der Waals surface area contributed by atoms with Gasteiger partial charge in [0.05, 0.1) is 29.8 Å². The lowest BCUT2D eigenvalue weighted by Gasteiger charge is -2.11. The Morgan fingerprint density at radius 3 is 2.52 bits per heavy atom. The van der Waals surface area contributed by atoms with Gasteiger partial charge in [-0.05, 0) is 43.7 Å². The lowest BCUT2D eigenvalue weighted by atomic mass is 10.2. The SMILES string of the molecule is CCOc1c(Cl)cc(C=NNS(=O)(=O)c2ccc(C)cc2)cc1OC. The smallest absolute Gasteiger partial charge is 0.276 e. The van der Waals surface area contributed by atoms with Gasteiger partial charge in [0.2, 0.25) is 0 Å². The van der Waals surface area contributed by atoms with Crippen LogP contribution in [0.2, 0.25) is 5.02 Å². The quantitative estimate of drug-likeness (QED) is 0.588. The Kier molecular flexibility index (Phi) is 6.27. The summed E-state index contributed by atoms with van der Waals surface area (Å²) in [5, 5.41) is 4.14. The van der Waals surface area contributed by atoms with Crippen molar-refractivity contribution in [2.45, 2.75) is 18.7 Å². The van der Waals surface area contributed by atoms with Crippen molar-refractivity contribution in [3.63, 3.8) is 0 Å². The third kappa shape index (κ3) is 4.87. The van der Waals surface area contributed by atoms with Gasteiger partial charge in [0.15, 0.2) is 11.5 Å². The Hall–Kier alpha value is -2.25. The van der Waals surface area contributed by atoms with Gasteiger partial charge in [-0.2, -0.15) is 13.5 Å². The summed E-state index contributed by atoms with van der Waals surface area (Å²) in [6.45, 7) is 4.16. The van der Waals surface area contributed by atoms with E-state index in [1.807, 2.05) is 13.8 Å². The summed E-state index contributed by atoms with van der Waals surface area (Å²) in [7, 11) is -2.23. The Morgan fingerprint density at radius 1 is 1.24 bits per heavy atom. The molecule has 1 N–H and O–H groups in total. The topological polar surface area (TPSA) is 77.0 Å². The molecular formula is C17H19ClN2O4S. The highest BCUT2D eigenvalue weighted by molar-refractivity contribution is 7.89. The minimum absolute atomic E-state index is 0.137. The number of hydrazone groups is 1. The van der Waals surface area contributed by atoms with Crippen LogP contribution in [0.25, 0.3) is 0 Å². The molecule has 25 heavy (non-hydrogen) atoms. The second kappa shape index (κ2) is 8.22. The minimum atomic E-state index is -3.73. The highest BCUT2D eigenvalue weighted by Crippen LogP contribution is 2.35. The number of nitrogens with zero attached hydrogens (tertiary/aromatic N) is 1. The molecule has 0 heterocycles. The number of aryl methyl sites for hydroxylation is 1. The van der Waals surface area contributed by atoms with Crippen molar-refractivity contribution in [2.24, 2.45) is 5.10 Å². The van der Waals surface area contributed by atoms with E-state index in [2.05, 4.69) is 9.93 Å². The molecular weight excluding hydrogens is 364 g/mol. The summed E-state index contributed by atoms with van der Waals surface area (Å²) in [5.41, 5.74) is 1.54. The average molecular weight is 383 g/mol. The summed E-state index contributed by atoms with van der Waals surface area (Å²) in [6.07, 6.45) is 1.34. The first-order valence-electron chi connectivity index (χ1n) is 7.49. The highest BCUT2D eigenvalue weighted by atomic mass is 35.5. The molecule has 0 atom stereocenters. The standard InChI is InChI=1S/C17H19ClN2O4S/c1-4-24-17-15(18)9-13(10-16(17)23-3)11-19-20-25(21,22)14-7-5-12(2)6-8-14/h5-11,20H,4H2,1-3H3. The van der Waals surface area contributed by atoms with E-state index in [-0.39, 0.29) is 4.90 Å². The molecule has 0 saturated heterocycles. The number of nitrogens with one attached hydrogen (secondary N) is 1. The lowest BCUT2D eigenvalue weighted by molar-refractivity contribution is 0.311. The molecule has 2 rings (SSSR count). The predicted molar refractivity (Wildman–Crippen MR) is 98.3 cm³/mol. The summed E-state index contributed by atoms with van der Waals surface area (Å²) in [6, 6.07) is 9.73. The van der Waals surface area contributed by atoms with Crippen LogP contribution in [0.3, 0.4) is 0 Å². The van der Waals surface area contributed by atoms with Crippen LogP contribution in [0.1, 0.15) is 18.1 Å². The zero-order chi connectivity index (χ0) is 18.4. The van der Waals surface area contributed by atoms with Gasteiger partial charge in [-0.1, -0.05) is 29.3 Å². The number of methoxy groups -OCH3 is 1. The molecule has 0 aliphatic carbocycles. The summed E-state index contributed by atoms with van der Waals surface area (Å²) < 4.78 is 35.0. The molecule has 0 saturated carbocycles. The molecule has 2 aromatic rings. The van der Waals surface area contributed by atoms with Crippen LogP contribution < -0.4 is 14.3 Å². The van der Waals surface area contributed by atoms with E-state index < -0.39 is 10.0 Å². The third-order valence-corrected chi connectivity index (χ3v) is 4.78. The fraction of sp³-hybridized carbons (Fsp3) is 0.235. The molecule has 0 radical (unpaired) electrons. The van der Waals surface area contributed by atoms with Gasteiger partial charge in [0.1, 0.15) is 0 Å². The average Bonchev–Trinajstić information content (AvgIpc) is 2.57. The molecule has 0 bridgehead atoms. The predicted octanol–water partition coefficient (Wildman–Crippen LogP) is 3.37. The maximum absolute atomic E-state index is 12.2. The monoisotopic (exact) mass is 382 g/mol. The van der Waals surface area contributed by atoms with E-state index in [0.29, 0.717) is 28.7 Å². The van der Waals surface area contributed by atoms with Crippen LogP contribution >= 0.6 is 11.6 Å². The van der Waals surface area contributed by atoms with Gasteiger partial charge in [-0.3, -0.25) is 0 Å². The Morgan fingerprint density at radius 2 is 1.92 bits per heavy atom. The number of benzene rings is 2. The van der Waals surface area contributed by atoms with Crippen LogP contribution in [0, 0.1) is 6.92 Å².